The highest BCUT2D eigenvalue weighted by atomic mass is 16.5. The molecule has 2 aromatic heterocycles. The van der Waals surface area contributed by atoms with Crippen LogP contribution in [0.3, 0.4) is 0 Å². The standard InChI is InChI=1S/C14H12N2O4/c1-19-13-4-11-9(12(18)2-8(6-17)16-11)3-10(13)14-5-15-7-20-14/h2-5,7,17H,6H2,1H3,(H,16,18). The predicted molar refractivity (Wildman–Crippen MR) is 72.5 cm³/mol. The summed E-state index contributed by atoms with van der Waals surface area (Å²) in [5.41, 5.74) is 1.53. The minimum atomic E-state index is -0.225. The first-order valence-corrected chi connectivity index (χ1v) is 5.96. The normalized spacial score (nSPS) is 10.9. The molecule has 2 N–H and O–H groups in total. The van der Waals surface area contributed by atoms with Gasteiger partial charge in [0.15, 0.2) is 17.6 Å². The number of H-pyrrole nitrogens is 1. The molecule has 0 aliphatic rings. The maximum Gasteiger partial charge on any atom is 0.189 e. The van der Waals surface area contributed by atoms with Crippen LogP contribution in [0.5, 0.6) is 5.75 Å². The summed E-state index contributed by atoms with van der Waals surface area (Å²) in [5, 5.41) is 9.62. The molecule has 0 saturated heterocycles. The molecular weight excluding hydrogens is 260 g/mol. The first-order chi connectivity index (χ1) is 9.72. The molecule has 0 bridgehead atoms. The molecule has 0 fully saturated rings. The van der Waals surface area contributed by atoms with Crippen molar-refractivity contribution in [2.24, 2.45) is 0 Å². The van der Waals surface area contributed by atoms with Crippen LogP contribution in [0.25, 0.3) is 22.2 Å². The van der Waals surface area contributed by atoms with Crippen LogP contribution in [-0.4, -0.2) is 22.2 Å². The van der Waals surface area contributed by atoms with E-state index in [1.807, 2.05) is 0 Å². The van der Waals surface area contributed by atoms with Gasteiger partial charge in [-0.15, -0.1) is 0 Å². The van der Waals surface area contributed by atoms with Gasteiger partial charge in [-0.05, 0) is 6.07 Å². The number of hydrogen-bond donors (Lipinski definition) is 2. The van der Waals surface area contributed by atoms with E-state index < -0.39 is 0 Å². The van der Waals surface area contributed by atoms with Gasteiger partial charge in [-0.2, -0.15) is 0 Å². The van der Waals surface area contributed by atoms with E-state index in [0.29, 0.717) is 33.7 Å². The van der Waals surface area contributed by atoms with E-state index in [2.05, 4.69) is 9.97 Å². The summed E-state index contributed by atoms with van der Waals surface area (Å²) < 4.78 is 10.6. The van der Waals surface area contributed by atoms with Gasteiger partial charge in [0.05, 0.1) is 31.0 Å². The Bertz CT molecular complexity index is 806. The van der Waals surface area contributed by atoms with Gasteiger partial charge in [0, 0.05) is 23.2 Å². The molecule has 6 heteroatoms. The number of aliphatic hydroxyl groups excluding tert-OH is 1. The molecule has 102 valence electrons. The lowest BCUT2D eigenvalue weighted by Gasteiger charge is -2.09. The van der Waals surface area contributed by atoms with Crippen molar-refractivity contribution in [3.8, 4) is 17.1 Å². The summed E-state index contributed by atoms with van der Waals surface area (Å²) in [6.45, 7) is -0.225. The Morgan fingerprint density at radius 3 is 2.90 bits per heavy atom. The number of aromatic nitrogens is 2. The lowest BCUT2D eigenvalue weighted by molar-refractivity contribution is 0.277. The summed E-state index contributed by atoms with van der Waals surface area (Å²) in [6.07, 6.45) is 2.87. The third-order valence-electron chi connectivity index (χ3n) is 3.07. The molecule has 0 radical (unpaired) electrons. The topological polar surface area (TPSA) is 88.4 Å². The lowest BCUT2D eigenvalue weighted by atomic mass is 10.1. The Kier molecular flexibility index (Phi) is 3.00. The molecule has 0 saturated carbocycles. The molecule has 3 rings (SSSR count). The van der Waals surface area contributed by atoms with Crippen LogP contribution in [0, 0.1) is 0 Å². The third kappa shape index (κ3) is 1.96. The number of benzene rings is 1. The number of methoxy groups -OCH3 is 1. The van der Waals surface area contributed by atoms with Crippen LogP contribution in [-0.2, 0) is 6.61 Å². The van der Waals surface area contributed by atoms with Crippen LogP contribution >= 0.6 is 0 Å². The zero-order valence-electron chi connectivity index (χ0n) is 10.7. The number of hydrogen-bond acceptors (Lipinski definition) is 5. The number of fused-ring (bicyclic) bond motifs is 1. The number of aliphatic hydroxyl groups is 1. The minimum absolute atomic E-state index is 0.175. The Morgan fingerprint density at radius 2 is 2.25 bits per heavy atom. The zero-order valence-corrected chi connectivity index (χ0v) is 10.7. The molecule has 20 heavy (non-hydrogen) atoms. The van der Waals surface area contributed by atoms with Crippen LogP contribution in [0.1, 0.15) is 5.69 Å². The van der Waals surface area contributed by atoms with Gasteiger partial charge in [-0.1, -0.05) is 0 Å². The largest absolute Gasteiger partial charge is 0.496 e. The molecular formula is C14H12N2O4. The number of rotatable bonds is 3. The van der Waals surface area contributed by atoms with Crippen LogP contribution in [0.15, 0.2) is 40.0 Å². The van der Waals surface area contributed by atoms with E-state index in [-0.39, 0.29) is 12.0 Å². The fourth-order valence-electron chi connectivity index (χ4n) is 2.13. The summed E-state index contributed by atoms with van der Waals surface area (Å²) in [4.78, 5) is 18.9. The summed E-state index contributed by atoms with van der Waals surface area (Å²) in [6, 6.07) is 4.77. The molecule has 0 unspecified atom stereocenters. The number of nitrogens with zero attached hydrogens (tertiary/aromatic N) is 1. The van der Waals surface area contributed by atoms with E-state index >= 15 is 0 Å². The highest BCUT2D eigenvalue weighted by molar-refractivity contribution is 5.87. The number of ether oxygens (including phenoxy) is 1. The molecule has 0 aliphatic heterocycles. The SMILES string of the molecule is COc1cc2[nH]c(CO)cc(=O)c2cc1-c1cnco1. The van der Waals surface area contributed by atoms with E-state index in [0.717, 1.165) is 0 Å². The van der Waals surface area contributed by atoms with Crippen molar-refractivity contribution in [3.05, 3.63) is 46.7 Å². The van der Waals surface area contributed by atoms with Gasteiger partial charge in [0.1, 0.15) is 5.75 Å². The molecule has 3 aromatic rings. The fraction of sp³-hybridized carbons (Fsp3) is 0.143. The molecule has 0 aliphatic carbocycles. The minimum Gasteiger partial charge on any atom is -0.496 e. The number of aromatic amines is 1. The smallest absolute Gasteiger partial charge is 0.189 e. The van der Waals surface area contributed by atoms with E-state index in [1.54, 1.807) is 18.3 Å². The van der Waals surface area contributed by atoms with E-state index in [4.69, 9.17) is 14.3 Å². The highest BCUT2D eigenvalue weighted by Gasteiger charge is 2.13. The zero-order chi connectivity index (χ0) is 14.1. The van der Waals surface area contributed by atoms with Gasteiger partial charge in [0.25, 0.3) is 0 Å². The first-order valence-electron chi connectivity index (χ1n) is 5.96. The van der Waals surface area contributed by atoms with Gasteiger partial charge in [-0.25, -0.2) is 4.98 Å². The summed E-state index contributed by atoms with van der Waals surface area (Å²) in [5.74, 6) is 1.08. The molecule has 2 heterocycles. The number of nitrogens with one attached hydrogen (secondary N) is 1. The van der Waals surface area contributed by atoms with Crippen LogP contribution in [0.2, 0.25) is 0 Å². The van der Waals surface area contributed by atoms with Crippen molar-refractivity contribution in [3.63, 3.8) is 0 Å². The second kappa shape index (κ2) is 4.82. The highest BCUT2D eigenvalue weighted by Crippen LogP contribution is 2.32. The first kappa shape index (κ1) is 12.4. The monoisotopic (exact) mass is 272 g/mol. The van der Waals surface area contributed by atoms with Gasteiger partial charge >= 0.3 is 0 Å². The van der Waals surface area contributed by atoms with Crippen molar-refractivity contribution >= 4 is 10.9 Å². The molecule has 0 atom stereocenters. The fourth-order valence-corrected chi connectivity index (χ4v) is 2.13. The third-order valence-corrected chi connectivity index (χ3v) is 3.07. The molecule has 1 aromatic carbocycles. The van der Waals surface area contributed by atoms with Crippen molar-refractivity contribution in [1.82, 2.24) is 9.97 Å². The van der Waals surface area contributed by atoms with Crippen LogP contribution < -0.4 is 10.2 Å². The van der Waals surface area contributed by atoms with Gasteiger partial charge in [-0.3, -0.25) is 4.79 Å². The Balaban J connectivity index is 2.33. The second-order valence-electron chi connectivity index (χ2n) is 4.28. The maximum absolute atomic E-state index is 12.1. The van der Waals surface area contributed by atoms with Gasteiger partial charge < -0.3 is 19.2 Å². The molecule has 6 nitrogen and oxygen atoms in total. The summed E-state index contributed by atoms with van der Waals surface area (Å²) in [7, 11) is 1.54. The Labute approximate surface area is 113 Å². The Morgan fingerprint density at radius 1 is 1.40 bits per heavy atom. The quantitative estimate of drug-likeness (QED) is 0.757. The van der Waals surface area contributed by atoms with Gasteiger partial charge in [0.2, 0.25) is 0 Å². The predicted octanol–water partition coefficient (Wildman–Crippen LogP) is 1.68. The molecule has 0 amide bonds. The second-order valence-corrected chi connectivity index (χ2v) is 4.28. The van der Waals surface area contributed by atoms with Crippen molar-refractivity contribution < 1.29 is 14.3 Å². The summed E-state index contributed by atoms with van der Waals surface area (Å²) >= 11 is 0. The number of oxazole rings is 1. The van der Waals surface area contributed by atoms with Crippen molar-refractivity contribution in [1.29, 1.82) is 0 Å². The maximum atomic E-state index is 12.1. The van der Waals surface area contributed by atoms with Crippen molar-refractivity contribution in [2.75, 3.05) is 7.11 Å². The average molecular weight is 272 g/mol. The van der Waals surface area contributed by atoms with E-state index in [9.17, 15) is 4.79 Å². The van der Waals surface area contributed by atoms with Crippen molar-refractivity contribution in [2.45, 2.75) is 6.61 Å². The molecule has 0 spiro atoms. The lowest BCUT2D eigenvalue weighted by Crippen LogP contribution is -2.05. The Hall–Kier alpha value is -2.60. The van der Waals surface area contributed by atoms with E-state index in [1.165, 1.54) is 19.6 Å². The van der Waals surface area contributed by atoms with Crippen LogP contribution in [0.4, 0.5) is 0 Å². The number of pyridine rings is 1. The average Bonchev–Trinajstić information content (AvgIpc) is 2.99.